The average molecular weight is 255 g/mol. The van der Waals surface area contributed by atoms with Crippen molar-refractivity contribution in [3.05, 3.63) is 29.1 Å². The summed E-state index contributed by atoms with van der Waals surface area (Å²) in [5.41, 5.74) is 0.870. The maximum atomic E-state index is 10.6. The van der Waals surface area contributed by atoms with Crippen LogP contribution in [0.4, 0.5) is 0 Å². The molecular weight excluding hydrogens is 248 g/mol. The van der Waals surface area contributed by atoms with Gasteiger partial charge in [-0.3, -0.25) is 9.78 Å². The fourth-order valence-electron chi connectivity index (χ4n) is 1.37. The Morgan fingerprint density at radius 2 is 2.43 bits per heavy atom. The molecule has 0 aliphatic rings. The molecule has 72 valence electrons. The van der Waals surface area contributed by atoms with Gasteiger partial charge in [0.2, 0.25) is 0 Å². The van der Waals surface area contributed by atoms with Gasteiger partial charge in [-0.25, -0.2) is 0 Å². The van der Waals surface area contributed by atoms with Crippen LogP contribution in [0.1, 0.15) is 0 Å². The minimum absolute atomic E-state index is 0.0356. The third-order valence-corrected chi connectivity index (χ3v) is 2.57. The van der Waals surface area contributed by atoms with Gasteiger partial charge in [0.05, 0.1) is 5.52 Å². The summed E-state index contributed by atoms with van der Waals surface area (Å²) in [6, 6.07) is 1.79. The predicted octanol–water partition coefficient (Wildman–Crippen LogP) is 1.88. The van der Waals surface area contributed by atoms with Crippen LogP contribution in [-0.2, 0) is 11.3 Å². The summed E-state index contributed by atoms with van der Waals surface area (Å²) in [5, 5.41) is 9.61. The lowest BCUT2D eigenvalue weighted by molar-refractivity contribution is -0.137. The summed E-state index contributed by atoms with van der Waals surface area (Å²) in [6.45, 7) is -0.0356. The fourth-order valence-corrected chi connectivity index (χ4v) is 1.93. The van der Waals surface area contributed by atoms with E-state index in [1.54, 1.807) is 29.2 Å². The molecule has 0 aliphatic carbocycles. The van der Waals surface area contributed by atoms with Crippen LogP contribution < -0.4 is 0 Å². The Bertz CT molecular complexity index is 493. The number of halogens is 1. The Morgan fingerprint density at radius 3 is 3.14 bits per heavy atom. The van der Waals surface area contributed by atoms with Crippen molar-refractivity contribution in [2.24, 2.45) is 0 Å². The number of rotatable bonds is 2. The van der Waals surface area contributed by atoms with E-state index >= 15 is 0 Å². The lowest BCUT2D eigenvalue weighted by Gasteiger charge is -1.99. The number of carboxylic acid groups (broad SMARTS) is 1. The number of carboxylic acids is 1. The molecule has 5 heteroatoms. The van der Waals surface area contributed by atoms with Crippen LogP contribution in [-0.4, -0.2) is 20.6 Å². The summed E-state index contributed by atoms with van der Waals surface area (Å²) in [5.74, 6) is -0.855. The van der Waals surface area contributed by atoms with Gasteiger partial charge in [-0.05, 0) is 22.0 Å². The molecule has 0 saturated carbocycles. The minimum Gasteiger partial charge on any atom is -0.480 e. The molecule has 0 aromatic carbocycles. The molecule has 0 radical (unpaired) electrons. The lowest BCUT2D eigenvalue weighted by atomic mass is 10.3. The first-order valence-corrected chi connectivity index (χ1v) is 4.78. The summed E-state index contributed by atoms with van der Waals surface area (Å²) in [6.07, 6.45) is 5.10. The third kappa shape index (κ3) is 1.50. The van der Waals surface area contributed by atoms with E-state index < -0.39 is 5.97 Å². The summed E-state index contributed by atoms with van der Waals surface area (Å²) in [7, 11) is 0. The van der Waals surface area contributed by atoms with Gasteiger partial charge in [0.15, 0.2) is 0 Å². The van der Waals surface area contributed by atoms with Crippen molar-refractivity contribution in [1.29, 1.82) is 0 Å². The second-order valence-corrected chi connectivity index (χ2v) is 3.75. The Morgan fingerprint density at radius 1 is 1.64 bits per heavy atom. The van der Waals surface area contributed by atoms with Gasteiger partial charge in [-0.15, -0.1) is 0 Å². The summed E-state index contributed by atoms with van der Waals surface area (Å²) >= 11 is 3.35. The van der Waals surface area contributed by atoms with E-state index in [0.717, 1.165) is 15.4 Å². The molecule has 2 aromatic rings. The first-order valence-electron chi connectivity index (χ1n) is 3.98. The molecule has 0 bridgehead atoms. The van der Waals surface area contributed by atoms with Crippen molar-refractivity contribution >= 4 is 32.8 Å². The molecule has 4 nitrogen and oxygen atoms in total. The number of aromatic nitrogens is 2. The Kier molecular flexibility index (Phi) is 2.25. The highest BCUT2D eigenvalue weighted by Crippen LogP contribution is 2.24. The molecule has 2 heterocycles. The van der Waals surface area contributed by atoms with E-state index in [4.69, 9.17) is 5.11 Å². The Balaban J connectivity index is 2.60. The van der Waals surface area contributed by atoms with Crippen molar-refractivity contribution in [2.45, 2.75) is 6.54 Å². The molecule has 0 aliphatic heterocycles. The fraction of sp³-hybridized carbons (Fsp3) is 0.111. The predicted molar refractivity (Wildman–Crippen MR) is 55.1 cm³/mol. The molecule has 0 spiro atoms. The van der Waals surface area contributed by atoms with Gasteiger partial charge in [-0.1, -0.05) is 0 Å². The molecule has 14 heavy (non-hydrogen) atoms. The van der Waals surface area contributed by atoms with E-state index in [0.29, 0.717) is 0 Å². The number of aliphatic carboxylic acids is 1. The number of nitrogens with zero attached hydrogens (tertiary/aromatic N) is 2. The number of pyridine rings is 1. The van der Waals surface area contributed by atoms with Gasteiger partial charge >= 0.3 is 5.97 Å². The largest absolute Gasteiger partial charge is 0.480 e. The van der Waals surface area contributed by atoms with E-state index in [1.165, 1.54) is 0 Å². The Labute approximate surface area is 88.3 Å². The van der Waals surface area contributed by atoms with Crippen LogP contribution in [0, 0.1) is 0 Å². The van der Waals surface area contributed by atoms with Gasteiger partial charge in [0.25, 0.3) is 0 Å². The van der Waals surface area contributed by atoms with Gasteiger partial charge in [0.1, 0.15) is 6.54 Å². The zero-order valence-corrected chi connectivity index (χ0v) is 8.73. The van der Waals surface area contributed by atoms with Crippen LogP contribution in [0.15, 0.2) is 29.1 Å². The highest BCUT2D eigenvalue weighted by molar-refractivity contribution is 9.10. The van der Waals surface area contributed by atoms with Crippen LogP contribution in [0.2, 0.25) is 0 Å². The maximum absolute atomic E-state index is 10.6. The van der Waals surface area contributed by atoms with Crippen LogP contribution in [0.25, 0.3) is 10.9 Å². The third-order valence-electron chi connectivity index (χ3n) is 1.94. The molecule has 0 amide bonds. The molecule has 2 aromatic heterocycles. The number of hydrogen-bond acceptors (Lipinski definition) is 2. The maximum Gasteiger partial charge on any atom is 0.323 e. The van der Waals surface area contributed by atoms with Crippen molar-refractivity contribution in [1.82, 2.24) is 9.55 Å². The summed E-state index contributed by atoms with van der Waals surface area (Å²) in [4.78, 5) is 14.5. The topological polar surface area (TPSA) is 55.1 Å². The van der Waals surface area contributed by atoms with Crippen LogP contribution >= 0.6 is 15.9 Å². The van der Waals surface area contributed by atoms with E-state index in [1.807, 2.05) is 0 Å². The van der Waals surface area contributed by atoms with Crippen LogP contribution in [0.3, 0.4) is 0 Å². The molecule has 1 N–H and O–H groups in total. The monoisotopic (exact) mass is 254 g/mol. The second kappa shape index (κ2) is 3.42. The number of hydrogen-bond donors (Lipinski definition) is 1. The first-order chi connectivity index (χ1) is 6.68. The van der Waals surface area contributed by atoms with E-state index in [-0.39, 0.29) is 6.54 Å². The summed E-state index contributed by atoms with van der Waals surface area (Å²) < 4.78 is 2.53. The average Bonchev–Trinajstić information content (AvgIpc) is 2.44. The molecule has 0 unspecified atom stereocenters. The van der Waals surface area contributed by atoms with E-state index in [2.05, 4.69) is 20.9 Å². The molecule has 2 rings (SSSR count). The minimum atomic E-state index is -0.855. The zero-order valence-electron chi connectivity index (χ0n) is 7.14. The molecule has 0 atom stereocenters. The van der Waals surface area contributed by atoms with Crippen LogP contribution in [0.5, 0.6) is 0 Å². The van der Waals surface area contributed by atoms with Gasteiger partial charge < -0.3 is 9.67 Å². The lowest BCUT2D eigenvalue weighted by Crippen LogP contribution is -2.07. The quantitative estimate of drug-likeness (QED) is 0.891. The number of carbonyl (C=O) groups is 1. The SMILES string of the molecule is O=C(O)Cn1cc(Br)c2cnccc21. The molecule has 0 fully saturated rings. The zero-order chi connectivity index (χ0) is 10.1. The standard InChI is InChI=1S/C9H7BrN2O2/c10-7-4-12(5-9(13)14)8-1-2-11-3-6(7)8/h1-4H,5H2,(H,13,14). The van der Waals surface area contributed by atoms with Crippen molar-refractivity contribution in [3.8, 4) is 0 Å². The highest BCUT2D eigenvalue weighted by Gasteiger charge is 2.07. The molecule has 0 saturated heterocycles. The van der Waals surface area contributed by atoms with Gasteiger partial charge in [-0.2, -0.15) is 0 Å². The van der Waals surface area contributed by atoms with Gasteiger partial charge in [0, 0.05) is 28.4 Å². The second-order valence-electron chi connectivity index (χ2n) is 2.89. The van der Waals surface area contributed by atoms with Crippen molar-refractivity contribution in [2.75, 3.05) is 0 Å². The first kappa shape index (κ1) is 9.21. The smallest absolute Gasteiger partial charge is 0.323 e. The Hall–Kier alpha value is -1.36. The number of fused-ring (bicyclic) bond motifs is 1. The van der Waals surface area contributed by atoms with Crippen molar-refractivity contribution in [3.63, 3.8) is 0 Å². The highest BCUT2D eigenvalue weighted by atomic mass is 79.9. The molecular formula is C9H7BrN2O2. The normalized spacial score (nSPS) is 10.6. The van der Waals surface area contributed by atoms with Crippen molar-refractivity contribution < 1.29 is 9.90 Å². The van der Waals surface area contributed by atoms with E-state index in [9.17, 15) is 4.79 Å².